The quantitative estimate of drug-likeness (QED) is 0.794. The van der Waals surface area contributed by atoms with Crippen LogP contribution in [0.1, 0.15) is 31.7 Å². The van der Waals surface area contributed by atoms with Crippen LogP contribution in [-0.2, 0) is 11.3 Å². The van der Waals surface area contributed by atoms with Crippen LogP contribution < -0.4 is 0 Å². The minimum atomic E-state index is 0.467. The molecule has 0 bridgehead atoms. The van der Waals surface area contributed by atoms with Crippen LogP contribution >= 0.6 is 0 Å². The summed E-state index contributed by atoms with van der Waals surface area (Å²) in [5.74, 6) is 1.12. The number of carbonyl (C=O) groups is 1. The normalized spacial score (nSPS) is 32.3. The zero-order valence-corrected chi connectivity index (χ0v) is 10.3. The molecule has 3 unspecified atom stereocenters. The Morgan fingerprint density at radius 2 is 2.00 bits per heavy atom. The number of hydrogen-bond acceptors (Lipinski definition) is 2. The van der Waals surface area contributed by atoms with Crippen LogP contribution in [0.25, 0.3) is 0 Å². The molecule has 1 saturated carbocycles. The molecule has 1 heterocycles. The number of benzene rings is 1. The van der Waals surface area contributed by atoms with E-state index in [1.54, 1.807) is 0 Å². The van der Waals surface area contributed by atoms with Crippen LogP contribution in [0.4, 0.5) is 0 Å². The minimum absolute atomic E-state index is 0.467. The molecule has 2 heteroatoms. The second-order valence-corrected chi connectivity index (χ2v) is 5.31. The largest absolute Gasteiger partial charge is 0.300 e. The molecule has 17 heavy (non-hydrogen) atoms. The van der Waals surface area contributed by atoms with Crippen LogP contribution in [0.15, 0.2) is 30.3 Å². The highest BCUT2D eigenvalue weighted by Gasteiger charge is 2.51. The molecule has 90 valence electrons. The molecule has 2 aliphatic rings. The molecular formula is C15H19NO. The van der Waals surface area contributed by atoms with Gasteiger partial charge in [0.25, 0.3) is 0 Å². The van der Waals surface area contributed by atoms with Gasteiger partial charge in [-0.05, 0) is 17.9 Å². The predicted octanol–water partition coefficient (Wildman–Crippen LogP) is 2.63. The lowest BCUT2D eigenvalue weighted by molar-refractivity contribution is -0.117. The van der Waals surface area contributed by atoms with E-state index in [9.17, 15) is 4.79 Å². The molecule has 1 aliphatic carbocycles. The van der Waals surface area contributed by atoms with Gasteiger partial charge in [-0.15, -0.1) is 0 Å². The Labute approximate surface area is 103 Å². The summed E-state index contributed by atoms with van der Waals surface area (Å²) >= 11 is 0. The first kappa shape index (κ1) is 11.0. The van der Waals surface area contributed by atoms with Crippen molar-refractivity contribution in [3.05, 3.63) is 35.9 Å². The van der Waals surface area contributed by atoms with Crippen molar-refractivity contribution in [3.63, 3.8) is 0 Å². The zero-order valence-electron chi connectivity index (χ0n) is 10.3. The second kappa shape index (κ2) is 4.26. The lowest BCUT2D eigenvalue weighted by Crippen LogP contribution is -2.60. The van der Waals surface area contributed by atoms with Crippen molar-refractivity contribution in [1.82, 2.24) is 4.90 Å². The molecule has 3 rings (SSSR count). The average Bonchev–Trinajstić information content (AvgIpc) is 2.67. The van der Waals surface area contributed by atoms with E-state index in [4.69, 9.17) is 0 Å². The fourth-order valence-electron chi connectivity index (χ4n) is 3.58. The van der Waals surface area contributed by atoms with Crippen LogP contribution in [0.2, 0.25) is 0 Å². The van der Waals surface area contributed by atoms with E-state index in [-0.39, 0.29) is 0 Å². The summed E-state index contributed by atoms with van der Waals surface area (Å²) in [6.07, 6.45) is 2.78. The van der Waals surface area contributed by atoms with Crippen LogP contribution in [0.5, 0.6) is 0 Å². The maximum absolute atomic E-state index is 11.5. The van der Waals surface area contributed by atoms with Gasteiger partial charge in [0.05, 0.1) is 0 Å². The lowest BCUT2D eigenvalue weighted by atomic mass is 9.80. The van der Waals surface area contributed by atoms with Crippen molar-refractivity contribution in [2.24, 2.45) is 5.92 Å². The first-order chi connectivity index (χ1) is 8.29. The lowest BCUT2D eigenvalue weighted by Gasteiger charge is -2.52. The molecule has 0 N–H and O–H groups in total. The average molecular weight is 229 g/mol. The van der Waals surface area contributed by atoms with E-state index in [2.05, 4.69) is 42.2 Å². The third-order valence-corrected chi connectivity index (χ3v) is 4.37. The van der Waals surface area contributed by atoms with Gasteiger partial charge in [0.15, 0.2) is 0 Å². The van der Waals surface area contributed by atoms with Gasteiger partial charge in [0.2, 0.25) is 0 Å². The van der Waals surface area contributed by atoms with Crippen LogP contribution in [0.3, 0.4) is 0 Å². The van der Waals surface area contributed by atoms with E-state index in [1.165, 1.54) is 12.0 Å². The monoisotopic (exact) mass is 229 g/mol. The van der Waals surface area contributed by atoms with Crippen molar-refractivity contribution in [2.75, 3.05) is 0 Å². The Balaban J connectivity index is 1.73. The van der Waals surface area contributed by atoms with Crippen molar-refractivity contribution in [1.29, 1.82) is 0 Å². The van der Waals surface area contributed by atoms with E-state index < -0.39 is 0 Å². The number of carbonyl (C=O) groups excluding carboxylic acids is 1. The predicted molar refractivity (Wildman–Crippen MR) is 67.6 cm³/mol. The van der Waals surface area contributed by atoms with Crippen molar-refractivity contribution in [3.8, 4) is 0 Å². The molecule has 1 aromatic rings. The summed E-state index contributed by atoms with van der Waals surface area (Å²) in [4.78, 5) is 14.1. The molecule has 2 nitrogen and oxygen atoms in total. The summed E-state index contributed by atoms with van der Waals surface area (Å²) in [6, 6.07) is 11.8. The van der Waals surface area contributed by atoms with Gasteiger partial charge in [-0.25, -0.2) is 0 Å². The molecule has 1 saturated heterocycles. The highest BCUT2D eigenvalue weighted by Crippen LogP contribution is 2.44. The molecule has 0 aromatic heterocycles. The fourth-order valence-corrected chi connectivity index (χ4v) is 3.58. The van der Waals surface area contributed by atoms with E-state index in [1.807, 2.05) is 0 Å². The van der Waals surface area contributed by atoms with E-state index in [0.717, 1.165) is 19.4 Å². The molecule has 0 radical (unpaired) electrons. The molecule has 0 amide bonds. The Morgan fingerprint density at radius 1 is 1.24 bits per heavy atom. The second-order valence-electron chi connectivity index (χ2n) is 5.31. The summed E-state index contributed by atoms with van der Waals surface area (Å²) in [5, 5.41) is 0. The minimum Gasteiger partial charge on any atom is -0.300 e. The topological polar surface area (TPSA) is 20.3 Å². The fraction of sp³-hybridized carbons (Fsp3) is 0.533. The van der Waals surface area contributed by atoms with Crippen molar-refractivity contribution >= 4 is 5.78 Å². The Bertz CT molecular complexity index is 414. The maximum atomic E-state index is 11.5. The van der Waals surface area contributed by atoms with E-state index >= 15 is 0 Å². The summed E-state index contributed by atoms with van der Waals surface area (Å²) in [5.41, 5.74) is 1.36. The Morgan fingerprint density at radius 3 is 2.71 bits per heavy atom. The number of Topliss-reactive ketones (excluding diaryl/α,β-unsaturated/α-hetero) is 1. The van der Waals surface area contributed by atoms with Gasteiger partial charge in [-0.2, -0.15) is 0 Å². The number of hydrogen-bond donors (Lipinski definition) is 0. The summed E-state index contributed by atoms with van der Waals surface area (Å²) in [7, 11) is 0. The number of nitrogens with zero attached hydrogens (tertiary/aromatic N) is 1. The first-order valence-electron chi connectivity index (χ1n) is 6.61. The van der Waals surface area contributed by atoms with Gasteiger partial charge in [-0.3, -0.25) is 9.69 Å². The molecular weight excluding hydrogens is 210 g/mol. The molecule has 3 atom stereocenters. The van der Waals surface area contributed by atoms with Crippen LogP contribution in [0, 0.1) is 5.92 Å². The van der Waals surface area contributed by atoms with Gasteiger partial charge < -0.3 is 0 Å². The Hall–Kier alpha value is -1.15. The number of likely N-dealkylation sites (tertiary alicyclic amines) is 1. The zero-order chi connectivity index (χ0) is 11.8. The first-order valence-corrected chi connectivity index (χ1v) is 6.61. The van der Waals surface area contributed by atoms with Gasteiger partial charge >= 0.3 is 0 Å². The molecule has 1 aliphatic heterocycles. The number of fused-ring (bicyclic) bond motifs is 1. The van der Waals surface area contributed by atoms with Gasteiger partial charge in [-0.1, -0.05) is 37.3 Å². The smallest absolute Gasteiger partial charge is 0.134 e. The SMILES string of the molecule is CCC1C2CC(=O)CC2N1Cc1ccccc1. The Kier molecular flexibility index (Phi) is 2.75. The third kappa shape index (κ3) is 1.81. The molecule has 0 spiro atoms. The number of ketones is 1. The van der Waals surface area contributed by atoms with Gasteiger partial charge in [0.1, 0.15) is 5.78 Å². The third-order valence-electron chi connectivity index (χ3n) is 4.37. The standard InChI is InChI=1S/C15H19NO/c1-2-14-13-8-12(17)9-15(13)16(14)10-11-6-4-3-5-7-11/h3-7,13-15H,2,8-10H2,1H3. The van der Waals surface area contributed by atoms with Crippen molar-refractivity contribution in [2.45, 2.75) is 44.8 Å². The maximum Gasteiger partial charge on any atom is 0.134 e. The molecule has 1 aromatic carbocycles. The highest BCUT2D eigenvalue weighted by atomic mass is 16.1. The summed E-state index contributed by atoms with van der Waals surface area (Å²) < 4.78 is 0. The van der Waals surface area contributed by atoms with Crippen molar-refractivity contribution < 1.29 is 4.79 Å². The molecule has 2 fully saturated rings. The summed E-state index contributed by atoms with van der Waals surface area (Å²) in [6.45, 7) is 3.25. The highest BCUT2D eigenvalue weighted by molar-refractivity contribution is 5.82. The van der Waals surface area contributed by atoms with Crippen LogP contribution in [-0.4, -0.2) is 22.8 Å². The van der Waals surface area contributed by atoms with Gasteiger partial charge in [0, 0.05) is 31.5 Å². The number of rotatable bonds is 3. The van der Waals surface area contributed by atoms with E-state index in [0.29, 0.717) is 23.8 Å².